The second-order valence-electron chi connectivity index (χ2n) is 6.27. The van der Waals surface area contributed by atoms with Crippen LogP contribution in [-0.4, -0.2) is 30.3 Å². The van der Waals surface area contributed by atoms with Gasteiger partial charge in [-0.1, -0.05) is 32.0 Å². The Morgan fingerprint density at radius 1 is 1.19 bits per heavy atom. The van der Waals surface area contributed by atoms with Gasteiger partial charge in [0.05, 0.1) is 18.9 Å². The lowest BCUT2D eigenvalue weighted by Gasteiger charge is -2.40. The number of hydrogen-bond acceptors (Lipinski definition) is 4. The molecule has 1 aromatic carbocycles. The van der Waals surface area contributed by atoms with Crippen molar-refractivity contribution in [2.75, 3.05) is 19.8 Å². The summed E-state index contributed by atoms with van der Waals surface area (Å²) in [5.74, 6) is 1.00. The Bertz CT molecular complexity index is 575. The number of para-hydroxylation sites is 1. The van der Waals surface area contributed by atoms with Gasteiger partial charge in [-0.2, -0.15) is 0 Å². The molecule has 0 spiro atoms. The standard InChI is InChI=1S/C15H21N2O2PS/c1-15(2)11-18-20(21,19-12-15)17-10-6-9-14(17)16-13-7-4-3-5-8-13/h3-5,7-8H,6,9-12H2,1-2H3. The fraction of sp³-hybridized carbons (Fsp3) is 0.533. The molecule has 0 bridgehead atoms. The molecule has 2 aliphatic rings. The van der Waals surface area contributed by atoms with Crippen molar-refractivity contribution in [3.05, 3.63) is 30.3 Å². The zero-order valence-corrected chi connectivity index (χ0v) is 14.2. The molecule has 3 rings (SSSR count). The molecule has 4 nitrogen and oxygen atoms in total. The molecule has 6 heteroatoms. The summed E-state index contributed by atoms with van der Waals surface area (Å²) < 4.78 is 14.1. The van der Waals surface area contributed by atoms with Gasteiger partial charge in [0.2, 0.25) is 0 Å². The maximum atomic E-state index is 5.98. The minimum absolute atomic E-state index is 0.0404. The van der Waals surface area contributed by atoms with Gasteiger partial charge in [0.1, 0.15) is 5.84 Å². The molecule has 0 atom stereocenters. The zero-order valence-electron chi connectivity index (χ0n) is 12.5. The number of nitrogens with zero attached hydrogens (tertiary/aromatic N) is 2. The van der Waals surface area contributed by atoms with E-state index >= 15 is 0 Å². The molecule has 0 amide bonds. The lowest BCUT2D eigenvalue weighted by atomic mass is 9.97. The molecule has 2 saturated heterocycles. The first-order valence-electron chi connectivity index (χ1n) is 7.28. The number of amidine groups is 1. The first-order chi connectivity index (χ1) is 9.99. The maximum absolute atomic E-state index is 5.98. The van der Waals surface area contributed by atoms with Crippen molar-refractivity contribution in [2.45, 2.75) is 26.7 Å². The molecule has 0 aliphatic carbocycles. The third kappa shape index (κ3) is 3.37. The Hall–Kier alpha value is -0.740. The van der Waals surface area contributed by atoms with E-state index in [0.717, 1.165) is 30.9 Å². The quantitative estimate of drug-likeness (QED) is 0.767. The second kappa shape index (κ2) is 5.81. The second-order valence-corrected chi connectivity index (χ2v) is 9.59. The van der Waals surface area contributed by atoms with Crippen LogP contribution in [0.25, 0.3) is 0 Å². The van der Waals surface area contributed by atoms with Crippen molar-refractivity contribution in [2.24, 2.45) is 10.4 Å². The molecule has 0 aromatic heterocycles. The zero-order chi connectivity index (χ0) is 14.9. The average molecular weight is 324 g/mol. The molecule has 0 saturated carbocycles. The summed E-state index contributed by atoms with van der Waals surface area (Å²) in [6.45, 7) is 4.05. The predicted molar refractivity (Wildman–Crippen MR) is 89.4 cm³/mol. The van der Waals surface area contributed by atoms with Gasteiger partial charge in [0, 0.05) is 18.4 Å². The van der Waals surface area contributed by atoms with Gasteiger partial charge in [-0.3, -0.25) is 4.67 Å². The minimum Gasteiger partial charge on any atom is -0.313 e. The molecule has 0 N–H and O–H groups in total. The number of hydrogen-bond donors (Lipinski definition) is 0. The summed E-state index contributed by atoms with van der Waals surface area (Å²) in [6, 6.07) is 9.99. The molecular weight excluding hydrogens is 303 g/mol. The summed E-state index contributed by atoms with van der Waals surface area (Å²) in [6.07, 6.45) is 1.99. The SMILES string of the molecule is CC1(C)COP(=S)(N2CCCC2=Nc2ccccc2)OC1. The largest absolute Gasteiger partial charge is 0.313 e. The van der Waals surface area contributed by atoms with Gasteiger partial charge < -0.3 is 9.05 Å². The molecule has 2 aliphatic heterocycles. The summed E-state index contributed by atoms with van der Waals surface area (Å²) in [4.78, 5) is 4.74. The first-order valence-corrected chi connectivity index (χ1v) is 9.87. The van der Waals surface area contributed by atoms with Gasteiger partial charge in [0.25, 0.3) is 6.64 Å². The van der Waals surface area contributed by atoms with E-state index in [4.69, 9.17) is 25.8 Å². The van der Waals surface area contributed by atoms with Crippen LogP contribution in [0.3, 0.4) is 0 Å². The van der Waals surface area contributed by atoms with E-state index in [1.165, 1.54) is 0 Å². The molecule has 21 heavy (non-hydrogen) atoms. The van der Waals surface area contributed by atoms with Crippen LogP contribution in [0.1, 0.15) is 26.7 Å². The highest BCUT2D eigenvalue weighted by molar-refractivity contribution is 8.09. The van der Waals surface area contributed by atoms with E-state index in [1.807, 2.05) is 30.3 Å². The fourth-order valence-electron chi connectivity index (χ4n) is 2.41. The lowest BCUT2D eigenvalue weighted by molar-refractivity contribution is 0.0495. The van der Waals surface area contributed by atoms with Crippen LogP contribution in [0.5, 0.6) is 0 Å². The Labute approximate surface area is 131 Å². The Balaban J connectivity index is 1.81. The van der Waals surface area contributed by atoms with E-state index in [1.54, 1.807) is 0 Å². The average Bonchev–Trinajstić information content (AvgIpc) is 2.93. The van der Waals surface area contributed by atoms with Crippen molar-refractivity contribution < 1.29 is 9.05 Å². The number of benzene rings is 1. The van der Waals surface area contributed by atoms with E-state index in [-0.39, 0.29) is 5.41 Å². The van der Waals surface area contributed by atoms with E-state index < -0.39 is 6.64 Å². The molecule has 1 aromatic rings. The van der Waals surface area contributed by atoms with Crippen LogP contribution in [0, 0.1) is 5.41 Å². The monoisotopic (exact) mass is 324 g/mol. The van der Waals surface area contributed by atoms with Crippen molar-refractivity contribution in [3.63, 3.8) is 0 Å². The molecule has 114 valence electrons. The van der Waals surface area contributed by atoms with Crippen LogP contribution in [0.15, 0.2) is 35.3 Å². The molecular formula is C15H21N2O2PS. The Morgan fingerprint density at radius 2 is 1.86 bits per heavy atom. The summed E-state index contributed by atoms with van der Waals surface area (Å²) >= 11 is 5.72. The van der Waals surface area contributed by atoms with Crippen molar-refractivity contribution >= 4 is 30.0 Å². The predicted octanol–water partition coefficient (Wildman–Crippen LogP) is 4.11. The summed E-state index contributed by atoms with van der Waals surface area (Å²) in [5, 5.41) is 0. The Morgan fingerprint density at radius 3 is 2.52 bits per heavy atom. The normalized spacial score (nSPS) is 26.2. The lowest BCUT2D eigenvalue weighted by Crippen LogP contribution is -2.35. The third-order valence-electron chi connectivity index (χ3n) is 3.62. The molecule has 2 heterocycles. The smallest absolute Gasteiger partial charge is 0.291 e. The molecule has 0 radical (unpaired) electrons. The van der Waals surface area contributed by atoms with Gasteiger partial charge in [-0.25, -0.2) is 4.99 Å². The fourth-order valence-corrected chi connectivity index (χ4v) is 5.44. The van der Waals surface area contributed by atoms with Gasteiger partial charge in [-0.15, -0.1) is 0 Å². The van der Waals surface area contributed by atoms with E-state index in [2.05, 4.69) is 18.5 Å². The van der Waals surface area contributed by atoms with Crippen LogP contribution in [0.4, 0.5) is 5.69 Å². The topological polar surface area (TPSA) is 34.1 Å². The van der Waals surface area contributed by atoms with Crippen molar-refractivity contribution in [1.82, 2.24) is 4.67 Å². The maximum Gasteiger partial charge on any atom is 0.291 e. The number of aliphatic imine (C=N–C) groups is 1. The summed E-state index contributed by atoms with van der Waals surface area (Å²) in [7, 11) is 0. The van der Waals surface area contributed by atoms with Gasteiger partial charge in [-0.05, 0) is 30.4 Å². The highest BCUT2D eigenvalue weighted by Crippen LogP contribution is 2.58. The minimum atomic E-state index is -2.40. The third-order valence-corrected chi connectivity index (χ3v) is 6.77. The number of rotatable bonds is 2. The van der Waals surface area contributed by atoms with Crippen LogP contribution in [-0.2, 0) is 20.9 Å². The highest BCUT2D eigenvalue weighted by Gasteiger charge is 2.40. The van der Waals surface area contributed by atoms with E-state index in [9.17, 15) is 0 Å². The van der Waals surface area contributed by atoms with Crippen LogP contribution >= 0.6 is 6.64 Å². The van der Waals surface area contributed by atoms with Gasteiger partial charge in [0.15, 0.2) is 0 Å². The molecule has 2 fully saturated rings. The summed E-state index contributed by atoms with van der Waals surface area (Å²) in [5.41, 5.74) is 0.997. The van der Waals surface area contributed by atoms with Gasteiger partial charge >= 0.3 is 0 Å². The van der Waals surface area contributed by atoms with Crippen LogP contribution in [0.2, 0.25) is 0 Å². The Kier molecular flexibility index (Phi) is 4.19. The highest BCUT2D eigenvalue weighted by atomic mass is 32.5. The van der Waals surface area contributed by atoms with Crippen molar-refractivity contribution in [3.8, 4) is 0 Å². The van der Waals surface area contributed by atoms with E-state index in [0.29, 0.717) is 13.2 Å². The van der Waals surface area contributed by atoms with Crippen LogP contribution < -0.4 is 0 Å². The van der Waals surface area contributed by atoms with Crippen molar-refractivity contribution in [1.29, 1.82) is 0 Å². The first kappa shape index (κ1) is 15.2. The molecule has 0 unspecified atom stereocenters.